The number of fused-ring (bicyclic) bond motifs is 1. The van der Waals surface area contributed by atoms with E-state index in [4.69, 9.17) is 22.2 Å². The lowest BCUT2D eigenvalue weighted by Gasteiger charge is -2.34. The molecule has 11 heteroatoms. The van der Waals surface area contributed by atoms with Gasteiger partial charge >= 0.3 is 0 Å². The van der Waals surface area contributed by atoms with Crippen molar-refractivity contribution in [3.63, 3.8) is 0 Å². The number of nitrogens with two attached hydrogens (primary N) is 3. The molecule has 3 aromatic rings. The van der Waals surface area contributed by atoms with Crippen molar-refractivity contribution >= 4 is 50.6 Å². The first-order valence-corrected chi connectivity index (χ1v) is 13.4. The molecule has 0 saturated carbocycles. The van der Waals surface area contributed by atoms with E-state index in [1.807, 2.05) is 6.07 Å². The Hall–Kier alpha value is -3.41. The van der Waals surface area contributed by atoms with Crippen molar-refractivity contribution in [2.75, 3.05) is 42.1 Å². The Bertz CT molecular complexity index is 1270. The average Bonchev–Trinajstić information content (AvgIpc) is 3.23. The number of hydrogen-bond donors (Lipinski definition) is 6. The number of nitrogen functional groups attached to an aromatic ring is 1. The lowest BCUT2D eigenvalue weighted by atomic mass is 10.0. The summed E-state index contributed by atoms with van der Waals surface area (Å²) in [6.07, 6.45) is 3.06. The summed E-state index contributed by atoms with van der Waals surface area (Å²) in [5.74, 6) is -0.106. The number of amides is 2. The van der Waals surface area contributed by atoms with Gasteiger partial charge in [0.25, 0.3) is 5.91 Å². The molecule has 1 aliphatic heterocycles. The molecule has 10 nitrogen and oxygen atoms in total. The highest BCUT2D eigenvalue weighted by Gasteiger charge is 2.24. The van der Waals surface area contributed by atoms with E-state index < -0.39 is 17.9 Å². The monoisotopic (exact) mass is 525 g/mol. The quantitative estimate of drug-likeness (QED) is 0.221. The number of nitrogens with zero attached hydrogens (tertiary/aromatic N) is 2. The van der Waals surface area contributed by atoms with Crippen LogP contribution in [0.25, 0.3) is 10.2 Å². The number of anilines is 3. The van der Waals surface area contributed by atoms with Gasteiger partial charge in [0.2, 0.25) is 5.91 Å². The summed E-state index contributed by atoms with van der Waals surface area (Å²) < 4.78 is 0. The molecule has 1 unspecified atom stereocenters. The van der Waals surface area contributed by atoms with Gasteiger partial charge in [0.05, 0.1) is 11.8 Å². The number of thiophene rings is 1. The number of aromatic nitrogens is 1. The van der Waals surface area contributed by atoms with Crippen molar-refractivity contribution in [3.8, 4) is 0 Å². The molecule has 2 amide bonds. The van der Waals surface area contributed by atoms with Gasteiger partial charge in [-0.15, -0.1) is 11.3 Å². The van der Waals surface area contributed by atoms with Crippen LogP contribution in [-0.4, -0.2) is 60.2 Å². The average molecular weight is 526 g/mol. The number of pyridine rings is 1. The molecular weight excluding hydrogens is 490 g/mol. The number of aliphatic hydroxyl groups is 1. The van der Waals surface area contributed by atoms with Crippen molar-refractivity contribution in [2.45, 2.75) is 44.8 Å². The van der Waals surface area contributed by atoms with Gasteiger partial charge in [-0.2, -0.15) is 0 Å². The molecule has 1 saturated heterocycles. The molecule has 198 valence electrons. The molecule has 0 bridgehead atoms. The van der Waals surface area contributed by atoms with Gasteiger partial charge in [0, 0.05) is 48.9 Å². The van der Waals surface area contributed by atoms with Crippen LogP contribution in [0.15, 0.2) is 30.3 Å². The molecular formula is C26H35N7O3S. The fourth-order valence-electron chi connectivity index (χ4n) is 4.70. The van der Waals surface area contributed by atoms with Gasteiger partial charge in [-0.1, -0.05) is 19.4 Å². The predicted octanol–water partition coefficient (Wildman–Crippen LogP) is 2.06. The zero-order chi connectivity index (χ0) is 26.5. The third-order valence-electron chi connectivity index (χ3n) is 6.66. The van der Waals surface area contributed by atoms with Crippen LogP contribution >= 0.6 is 11.3 Å². The molecule has 1 aliphatic rings. The molecule has 37 heavy (non-hydrogen) atoms. The normalized spacial score (nSPS) is 15.1. The fraction of sp³-hybridized carbons (Fsp3) is 0.423. The molecule has 1 fully saturated rings. The number of carbonyl (C=O) groups excluding carboxylic acids is 2. The van der Waals surface area contributed by atoms with Crippen LogP contribution in [0.4, 0.5) is 17.2 Å². The maximum atomic E-state index is 11.8. The zero-order valence-corrected chi connectivity index (χ0v) is 21.8. The number of benzene rings is 1. The summed E-state index contributed by atoms with van der Waals surface area (Å²) in [5, 5.41) is 17.9. The van der Waals surface area contributed by atoms with Crippen LogP contribution in [0.1, 0.15) is 51.8 Å². The lowest BCUT2D eigenvalue weighted by Crippen LogP contribution is -2.45. The molecule has 2 aromatic heterocycles. The fourth-order valence-corrected chi connectivity index (χ4v) is 5.69. The molecule has 9 N–H and O–H groups in total. The summed E-state index contributed by atoms with van der Waals surface area (Å²) in [6, 6.07) is 9.30. The van der Waals surface area contributed by atoms with E-state index in [0.717, 1.165) is 66.1 Å². The molecule has 0 aliphatic carbocycles. The summed E-state index contributed by atoms with van der Waals surface area (Å²) in [7, 11) is 0. The van der Waals surface area contributed by atoms with Gasteiger partial charge in [0.1, 0.15) is 15.5 Å². The van der Waals surface area contributed by atoms with E-state index in [1.54, 1.807) is 18.2 Å². The number of primary amides is 2. The zero-order valence-electron chi connectivity index (χ0n) is 21.0. The number of piperidine rings is 1. The van der Waals surface area contributed by atoms with Gasteiger partial charge in [-0.05, 0) is 49.1 Å². The predicted molar refractivity (Wildman–Crippen MR) is 149 cm³/mol. The van der Waals surface area contributed by atoms with E-state index in [9.17, 15) is 14.7 Å². The van der Waals surface area contributed by atoms with E-state index in [1.165, 1.54) is 11.3 Å². The van der Waals surface area contributed by atoms with E-state index in [-0.39, 0.29) is 0 Å². The third kappa shape index (κ3) is 6.30. The maximum Gasteiger partial charge on any atom is 0.260 e. The van der Waals surface area contributed by atoms with Gasteiger partial charge in [-0.3, -0.25) is 9.59 Å². The Labute approximate surface area is 220 Å². The van der Waals surface area contributed by atoms with Gasteiger partial charge in [0.15, 0.2) is 0 Å². The van der Waals surface area contributed by atoms with Crippen molar-refractivity contribution in [1.29, 1.82) is 0 Å². The minimum atomic E-state index is -0.584. The van der Waals surface area contributed by atoms with Crippen LogP contribution in [0.5, 0.6) is 0 Å². The van der Waals surface area contributed by atoms with Crippen molar-refractivity contribution in [3.05, 3.63) is 46.3 Å². The number of aliphatic hydroxyl groups excluding tert-OH is 1. The van der Waals surface area contributed by atoms with E-state index in [0.29, 0.717) is 35.3 Å². The topological polar surface area (TPSA) is 173 Å². The molecule has 1 atom stereocenters. The van der Waals surface area contributed by atoms with Crippen molar-refractivity contribution in [2.24, 2.45) is 11.5 Å². The Balaban J connectivity index is 1.31. The summed E-state index contributed by atoms with van der Waals surface area (Å²) >= 11 is 1.26. The second-order valence-corrected chi connectivity index (χ2v) is 10.4. The Kier molecular flexibility index (Phi) is 8.47. The number of rotatable bonds is 11. The van der Waals surface area contributed by atoms with Gasteiger partial charge in [-0.25, -0.2) is 4.98 Å². The van der Waals surface area contributed by atoms with Crippen LogP contribution in [0, 0.1) is 0 Å². The smallest absolute Gasteiger partial charge is 0.260 e. The lowest BCUT2D eigenvalue weighted by molar-refractivity contribution is 0.0994. The first kappa shape index (κ1) is 26.6. The number of aryl methyl sites for hydroxylation is 1. The largest absolute Gasteiger partial charge is 0.397 e. The van der Waals surface area contributed by atoms with Crippen LogP contribution in [0.2, 0.25) is 0 Å². The molecule has 0 spiro atoms. The van der Waals surface area contributed by atoms with Crippen LogP contribution < -0.4 is 32.7 Å². The Morgan fingerprint density at radius 3 is 2.62 bits per heavy atom. The standard InChI is InChI=1S/C26H35N7O3S/c1-2-4-15-12-20(32-26-21(15)22(27)23(37-26)25(29)36)33-9-7-17(8-10-33)30-13-19(34)14-31-18-6-3-5-16(11-18)24(28)35/h3,5-6,11-12,17,19,30-31,34H,2,4,7-10,13-14,27H2,1H3,(H2,28,35)(H2,29,36). The van der Waals surface area contributed by atoms with Crippen LogP contribution in [-0.2, 0) is 6.42 Å². The Morgan fingerprint density at radius 1 is 1.19 bits per heavy atom. The molecule has 3 heterocycles. The maximum absolute atomic E-state index is 11.8. The highest BCUT2D eigenvalue weighted by molar-refractivity contribution is 7.21. The first-order valence-electron chi connectivity index (χ1n) is 12.6. The number of carbonyl (C=O) groups is 2. The minimum absolute atomic E-state index is 0.293. The highest BCUT2D eigenvalue weighted by atomic mass is 32.1. The summed E-state index contributed by atoms with van der Waals surface area (Å²) in [6.45, 7) is 4.60. The second kappa shape index (κ2) is 11.8. The highest BCUT2D eigenvalue weighted by Crippen LogP contribution is 2.37. The Morgan fingerprint density at radius 2 is 1.95 bits per heavy atom. The van der Waals surface area contributed by atoms with Gasteiger partial charge < -0.3 is 37.8 Å². The molecule has 1 aromatic carbocycles. The SMILES string of the molecule is CCCc1cc(N2CCC(NCC(O)CNc3cccc(C(N)=O)c3)CC2)nc2sc(C(N)=O)c(N)c12. The van der Waals surface area contributed by atoms with E-state index in [2.05, 4.69) is 28.5 Å². The summed E-state index contributed by atoms with van der Waals surface area (Å²) in [5.41, 5.74) is 19.8. The summed E-state index contributed by atoms with van der Waals surface area (Å²) in [4.78, 5) is 31.4. The first-order chi connectivity index (χ1) is 17.8. The number of nitrogens with one attached hydrogen (secondary N) is 2. The number of hydrogen-bond acceptors (Lipinski definition) is 9. The third-order valence-corrected chi connectivity index (χ3v) is 7.77. The van der Waals surface area contributed by atoms with E-state index >= 15 is 0 Å². The van der Waals surface area contributed by atoms with Crippen LogP contribution in [0.3, 0.4) is 0 Å². The van der Waals surface area contributed by atoms with Crippen molar-refractivity contribution < 1.29 is 14.7 Å². The second-order valence-electron chi connectivity index (χ2n) is 9.43. The van der Waals surface area contributed by atoms with Crippen molar-refractivity contribution in [1.82, 2.24) is 10.3 Å². The molecule has 4 rings (SSSR count). The minimum Gasteiger partial charge on any atom is -0.397 e. The molecule has 0 radical (unpaired) electrons.